The number of hydrogen-bond donors (Lipinski definition) is 2. The molecule has 1 aromatic heterocycles. The fraction of sp³-hybridized carbons (Fsp3) is 0.786. The molecule has 1 aliphatic carbocycles. The Kier molecular flexibility index (Phi) is 5.52. The van der Waals surface area contributed by atoms with Crippen LogP contribution in [0.1, 0.15) is 49.0 Å². The van der Waals surface area contributed by atoms with Crippen molar-refractivity contribution in [2.45, 2.75) is 45.6 Å². The second-order valence-corrected chi connectivity index (χ2v) is 7.11. The minimum absolute atomic E-state index is 0.139. The molecule has 0 atom stereocenters. The Bertz CT molecular complexity index is 471. The summed E-state index contributed by atoms with van der Waals surface area (Å²) in [7, 11) is 1.71. The smallest absolute Gasteiger partial charge is 0.315 e. The molecule has 1 saturated carbocycles. The van der Waals surface area contributed by atoms with Crippen molar-refractivity contribution in [3.8, 4) is 0 Å². The molecule has 118 valence electrons. The third kappa shape index (κ3) is 4.38. The van der Waals surface area contributed by atoms with Gasteiger partial charge in [-0.2, -0.15) is 0 Å². The normalized spacial score (nSPS) is 16.6. The predicted octanol–water partition coefficient (Wildman–Crippen LogP) is 2.28. The van der Waals surface area contributed by atoms with Crippen molar-refractivity contribution in [3.63, 3.8) is 0 Å². The number of ether oxygens (including phenoxy) is 1. The second-order valence-electron chi connectivity index (χ2n) is 6.01. The number of nitrogens with one attached hydrogen (secondary N) is 2. The van der Waals surface area contributed by atoms with Crippen LogP contribution in [0.25, 0.3) is 0 Å². The van der Waals surface area contributed by atoms with E-state index in [9.17, 15) is 4.79 Å². The van der Waals surface area contributed by atoms with E-state index in [1.807, 2.05) is 0 Å². The van der Waals surface area contributed by atoms with Crippen LogP contribution in [0.3, 0.4) is 0 Å². The lowest BCUT2D eigenvalue weighted by Crippen LogP contribution is -2.47. The zero-order valence-electron chi connectivity index (χ0n) is 12.9. The quantitative estimate of drug-likeness (QED) is 0.810. The van der Waals surface area contributed by atoms with Gasteiger partial charge in [0.1, 0.15) is 10.0 Å². The average Bonchev–Trinajstić information content (AvgIpc) is 2.88. The van der Waals surface area contributed by atoms with Gasteiger partial charge in [0.05, 0.1) is 13.2 Å². The molecule has 21 heavy (non-hydrogen) atoms. The zero-order valence-corrected chi connectivity index (χ0v) is 13.8. The summed E-state index contributed by atoms with van der Waals surface area (Å²) >= 11 is 1.55. The molecule has 2 amide bonds. The first-order valence-corrected chi connectivity index (χ1v) is 8.19. The Balaban J connectivity index is 1.72. The van der Waals surface area contributed by atoms with Crippen molar-refractivity contribution >= 4 is 17.4 Å². The first-order chi connectivity index (χ1) is 10.0. The van der Waals surface area contributed by atoms with Gasteiger partial charge in [0, 0.05) is 25.0 Å². The maximum absolute atomic E-state index is 11.8. The van der Waals surface area contributed by atoms with Crippen LogP contribution in [0.15, 0.2) is 0 Å². The molecule has 0 saturated heterocycles. The molecule has 1 heterocycles. The molecule has 0 radical (unpaired) electrons. The molecule has 0 aromatic carbocycles. The van der Waals surface area contributed by atoms with Crippen LogP contribution in [0, 0.1) is 5.41 Å². The molecular weight excluding hydrogens is 288 g/mol. The SMILES string of the molecule is COCC1(CNC(=O)NCc2nnc(C(C)C)s2)CCC1. The summed E-state index contributed by atoms with van der Waals surface area (Å²) in [6.07, 6.45) is 3.46. The molecule has 0 unspecified atom stereocenters. The van der Waals surface area contributed by atoms with Crippen LogP contribution in [-0.2, 0) is 11.3 Å². The van der Waals surface area contributed by atoms with Gasteiger partial charge in [-0.3, -0.25) is 0 Å². The lowest BCUT2D eigenvalue weighted by atomic mass is 9.69. The molecule has 0 bridgehead atoms. The van der Waals surface area contributed by atoms with Gasteiger partial charge in [-0.15, -0.1) is 10.2 Å². The summed E-state index contributed by atoms with van der Waals surface area (Å²) in [4.78, 5) is 11.8. The van der Waals surface area contributed by atoms with E-state index in [0.29, 0.717) is 25.6 Å². The molecule has 2 rings (SSSR count). The lowest BCUT2D eigenvalue weighted by Gasteiger charge is -2.41. The summed E-state index contributed by atoms with van der Waals surface area (Å²) < 4.78 is 5.25. The highest BCUT2D eigenvalue weighted by Gasteiger charge is 2.37. The topological polar surface area (TPSA) is 76.1 Å². The molecule has 1 aliphatic rings. The predicted molar refractivity (Wildman–Crippen MR) is 82.4 cm³/mol. The van der Waals surface area contributed by atoms with Crippen LogP contribution in [0.5, 0.6) is 0 Å². The molecular formula is C14H24N4O2S. The van der Waals surface area contributed by atoms with E-state index in [4.69, 9.17) is 4.74 Å². The number of rotatable bonds is 7. The van der Waals surface area contributed by atoms with Gasteiger partial charge in [0.2, 0.25) is 0 Å². The third-order valence-electron chi connectivity index (χ3n) is 3.87. The van der Waals surface area contributed by atoms with Gasteiger partial charge >= 0.3 is 6.03 Å². The van der Waals surface area contributed by atoms with E-state index >= 15 is 0 Å². The van der Waals surface area contributed by atoms with Gasteiger partial charge in [0.25, 0.3) is 0 Å². The molecule has 6 nitrogen and oxygen atoms in total. The molecule has 0 spiro atoms. The van der Waals surface area contributed by atoms with Gasteiger partial charge < -0.3 is 15.4 Å². The minimum Gasteiger partial charge on any atom is -0.384 e. The van der Waals surface area contributed by atoms with E-state index in [-0.39, 0.29) is 11.4 Å². The van der Waals surface area contributed by atoms with E-state index < -0.39 is 0 Å². The van der Waals surface area contributed by atoms with E-state index in [0.717, 1.165) is 22.9 Å². The van der Waals surface area contributed by atoms with Crippen molar-refractivity contribution in [1.29, 1.82) is 0 Å². The zero-order chi connectivity index (χ0) is 15.3. The van der Waals surface area contributed by atoms with Gasteiger partial charge in [-0.1, -0.05) is 31.6 Å². The summed E-state index contributed by atoms with van der Waals surface area (Å²) in [6, 6.07) is -0.154. The number of aromatic nitrogens is 2. The van der Waals surface area contributed by atoms with Crippen molar-refractivity contribution < 1.29 is 9.53 Å². The average molecular weight is 312 g/mol. The monoisotopic (exact) mass is 312 g/mol. The largest absolute Gasteiger partial charge is 0.384 e. The summed E-state index contributed by atoms with van der Waals surface area (Å²) in [5.41, 5.74) is 0.139. The minimum atomic E-state index is -0.154. The summed E-state index contributed by atoms with van der Waals surface area (Å²) in [6.45, 7) is 5.96. The van der Waals surface area contributed by atoms with Crippen LogP contribution in [0.2, 0.25) is 0 Å². The number of urea groups is 1. The maximum Gasteiger partial charge on any atom is 0.315 e. The van der Waals surface area contributed by atoms with Crippen LogP contribution in [-0.4, -0.2) is 36.5 Å². The van der Waals surface area contributed by atoms with Crippen molar-refractivity contribution in [2.24, 2.45) is 5.41 Å². The molecule has 1 aromatic rings. The van der Waals surface area contributed by atoms with Crippen LogP contribution >= 0.6 is 11.3 Å². The Morgan fingerprint density at radius 3 is 2.67 bits per heavy atom. The fourth-order valence-corrected chi connectivity index (χ4v) is 3.20. The second kappa shape index (κ2) is 7.17. The highest BCUT2D eigenvalue weighted by atomic mass is 32.1. The first-order valence-electron chi connectivity index (χ1n) is 7.37. The van der Waals surface area contributed by atoms with E-state index in [1.165, 1.54) is 6.42 Å². The van der Waals surface area contributed by atoms with Gasteiger partial charge in [-0.25, -0.2) is 4.79 Å². The first kappa shape index (κ1) is 16.2. The highest BCUT2D eigenvalue weighted by Crippen LogP contribution is 2.40. The molecule has 7 heteroatoms. The highest BCUT2D eigenvalue weighted by molar-refractivity contribution is 7.11. The fourth-order valence-electron chi connectivity index (χ4n) is 2.41. The standard InChI is InChI=1S/C14H24N4O2S/c1-10(2)12-18-17-11(21-12)7-15-13(19)16-8-14(9-20-3)5-4-6-14/h10H,4-9H2,1-3H3,(H2,15,16,19). The Morgan fingerprint density at radius 1 is 1.38 bits per heavy atom. The van der Waals surface area contributed by atoms with E-state index in [2.05, 4.69) is 34.7 Å². The number of nitrogens with zero attached hydrogens (tertiary/aromatic N) is 2. The lowest BCUT2D eigenvalue weighted by molar-refractivity contribution is 0.0200. The van der Waals surface area contributed by atoms with Gasteiger partial charge in [0.15, 0.2) is 0 Å². The van der Waals surface area contributed by atoms with Crippen LogP contribution in [0.4, 0.5) is 4.79 Å². The third-order valence-corrected chi connectivity index (χ3v) is 5.09. The Morgan fingerprint density at radius 2 is 2.14 bits per heavy atom. The number of carbonyl (C=O) groups is 1. The Hall–Kier alpha value is -1.21. The number of hydrogen-bond acceptors (Lipinski definition) is 5. The van der Waals surface area contributed by atoms with Gasteiger partial charge in [-0.05, 0) is 12.8 Å². The molecule has 2 N–H and O–H groups in total. The summed E-state index contributed by atoms with van der Waals surface area (Å²) in [5, 5.41) is 15.8. The molecule has 1 fully saturated rings. The van der Waals surface area contributed by atoms with Crippen molar-refractivity contribution in [1.82, 2.24) is 20.8 Å². The summed E-state index contributed by atoms with van der Waals surface area (Å²) in [5.74, 6) is 0.373. The van der Waals surface area contributed by atoms with Crippen molar-refractivity contribution in [2.75, 3.05) is 20.3 Å². The maximum atomic E-state index is 11.8. The number of carbonyl (C=O) groups excluding carboxylic acids is 1. The number of amides is 2. The Labute approximate surface area is 129 Å². The van der Waals surface area contributed by atoms with E-state index in [1.54, 1.807) is 18.4 Å². The van der Waals surface area contributed by atoms with Crippen molar-refractivity contribution in [3.05, 3.63) is 10.0 Å². The molecule has 0 aliphatic heterocycles. The van der Waals surface area contributed by atoms with Crippen LogP contribution < -0.4 is 10.6 Å². The number of methoxy groups -OCH3 is 1.